The monoisotopic (exact) mass is 230 g/mol. The molecule has 0 spiro atoms. The second-order valence-electron chi connectivity index (χ2n) is 3.29. The molecule has 84 valence electrons. The molecule has 1 rings (SSSR count). The minimum Gasteiger partial charge on any atom is -0.444 e. The molecule has 5 heteroatoms. The number of hydrogen-bond acceptors (Lipinski definition) is 3. The number of unbranched alkanes of at least 4 members (excludes halogenated alkanes) is 1. The Morgan fingerprint density at radius 3 is 3.00 bits per heavy atom. The van der Waals surface area contributed by atoms with Crippen molar-refractivity contribution in [1.82, 2.24) is 10.3 Å². The number of halogens is 1. The van der Waals surface area contributed by atoms with Gasteiger partial charge in [0, 0.05) is 12.3 Å². The fourth-order valence-electron chi connectivity index (χ4n) is 1.13. The Bertz CT molecular complexity index is 312. The van der Waals surface area contributed by atoms with E-state index in [4.69, 9.17) is 16.0 Å². The summed E-state index contributed by atoms with van der Waals surface area (Å²) in [4.78, 5) is 15.3. The van der Waals surface area contributed by atoms with E-state index in [0.717, 1.165) is 18.6 Å². The van der Waals surface area contributed by atoms with Gasteiger partial charge in [-0.3, -0.25) is 4.79 Å². The zero-order valence-corrected chi connectivity index (χ0v) is 9.51. The zero-order chi connectivity index (χ0) is 11.1. The summed E-state index contributed by atoms with van der Waals surface area (Å²) in [6.07, 6.45) is 3.83. The molecule has 0 aliphatic rings. The maximum absolute atomic E-state index is 11.3. The summed E-state index contributed by atoms with van der Waals surface area (Å²) in [5, 5.41) is 2.73. The first kappa shape index (κ1) is 12.0. The number of oxazole rings is 1. The van der Waals surface area contributed by atoms with Crippen LogP contribution in [0.5, 0.6) is 0 Å². The third-order valence-electron chi connectivity index (χ3n) is 1.89. The van der Waals surface area contributed by atoms with Gasteiger partial charge in [-0.25, -0.2) is 4.98 Å². The molecule has 0 unspecified atom stereocenters. The first-order chi connectivity index (χ1) is 7.22. The second kappa shape index (κ2) is 6.45. The van der Waals surface area contributed by atoms with Gasteiger partial charge >= 0.3 is 0 Å². The highest BCUT2D eigenvalue weighted by Crippen LogP contribution is 2.01. The molecule has 1 amide bonds. The van der Waals surface area contributed by atoms with Crippen LogP contribution in [0, 0.1) is 6.92 Å². The van der Waals surface area contributed by atoms with Crippen molar-refractivity contribution in [3.05, 3.63) is 17.8 Å². The predicted octanol–water partition coefficient (Wildman–Crippen LogP) is 2.01. The van der Waals surface area contributed by atoms with Crippen molar-refractivity contribution in [2.45, 2.75) is 32.7 Å². The molecule has 0 saturated heterocycles. The summed E-state index contributed by atoms with van der Waals surface area (Å²) in [6.45, 7) is 2.17. The molecule has 0 atom stereocenters. The number of carbonyl (C=O) groups is 1. The van der Waals surface area contributed by atoms with E-state index < -0.39 is 0 Å². The van der Waals surface area contributed by atoms with Crippen molar-refractivity contribution in [2.75, 3.05) is 5.88 Å². The lowest BCUT2D eigenvalue weighted by Gasteiger charge is -2.01. The van der Waals surface area contributed by atoms with Crippen molar-refractivity contribution in [3.63, 3.8) is 0 Å². The smallest absolute Gasteiger partial charge is 0.220 e. The summed E-state index contributed by atoms with van der Waals surface area (Å²) < 4.78 is 5.21. The topological polar surface area (TPSA) is 55.1 Å². The van der Waals surface area contributed by atoms with Gasteiger partial charge in [0.1, 0.15) is 5.76 Å². The van der Waals surface area contributed by atoms with Crippen molar-refractivity contribution >= 4 is 17.5 Å². The van der Waals surface area contributed by atoms with Crippen LogP contribution in [0.4, 0.5) is 0 Å². The zero-order valence-electron chi connectivity index (χ0n) is 8.75. The molecule has 1 aromatic rings. The number of rotatable bonds is 6. The molecule has 0 aromatic carbocycles. The summed E-state index contributed by atoms with van der Waals surface area (Å²) in [5.41, 5.74) is 0. The highest BCUT2D eigenvalue weighted by molar-refractivity contribution is 6.17. The summed E-state index contributed by atoms with van der Waals surface area (Å²) in [6, 6.07) is 0. The minimum atomic E-state index is 0.0102. The SMILES string of the molecule is Cc1cnc(CNC(=O)CCCCCl)o1. The van der Waals surface area contributed by atoms with Crippen LogP contribution in [-0.4, -0.2) is 16.8 Å². The lowest BCUT2D eigenvalue weighted by atomic mass is 10.2. The van der Waals surface area contributed by atoms with Gasteiger partial charge < -0.3 is 9.73 Å². The Morgan fingerprint density at radius 2 is 2.40 bits per heavy atom. The van der Waals surface area contributed by atoms with Crippen molar-refractivity contribution < 1.29 is 9.21 Å². The molecular formula is C10H15ClN2O2. The minimum absolute atomic E-state index is 0.0102. The molecule has 0 aliphatic carbocycles. The standard InChI is InChI=1S/C10H15ClN2O2/c1-8-6-13-10(15-8)7-12-9(14)4-2-3-5-11/h6H,2-5,7H2,1H3,(H,12,14). The molecule has 15 heavy (non-hydrogen) atoms. The summed E-state index contributed by atoms with van der Waals surface area (Å²) in [7, 11) is 0. The van der Waals surface area contributed by atoms with Gasteiger partial charge in [-0.1, -0.05) is 0 Å². The van der Waals surface area contributed by atoms with Crippen LogP contribution in [0.1, 0.15) is 30.9 Å². The molecule has 0 radical (unpaired) electrons. The average Bonchev–Trinajstić information content (AvgIpc) is 2.62. The molecule has 1 N–H and O–H groups in total. The Morgan fingerprint density at radius 1 is 1.60 bits per heavy atom. The van der Waals surface area contributed by atoms with Crippen molar-refractivity contribution in [3.8, 4) is 0 Å². The van der Waals surface area contributed by atoms with Gasteiger partial charge in [-0.2, -0.15) is 0 Å². The number of aryl methyl sites for hydroxylation is 1. The second-order valence-corrected chi connectivity index (χ2v) is 3.67. The van der Waals surface area contributed by atoms with Gasteiger partial charge in [0.15, 0.2) is 0 Å². The van der Waals surface area contributed by atoms with E-state index in [9.17, 15) is 4.79 Å². The molecule has 0 aliphatic heterocycles. The molecule has 4 nitrogen and oxygen atoms in total. The van der Waals surface area contributed by atoms with E-state index >= 15 is 0 Å². The molecule has 0 bridgehead atoms. The van der Waals surface area contributed by atoms with Crippen LogP contribution in [-0.2, 0) is 11.3 Å². The predicted molar refractivity (Wildman–Crippen MR) is 57.7 cm³/mol. The molecule has 0 fully saturated rings. The molecule has 1 heterocycles. The number of alkyl halides is 1. The Labute approximate surface area is 94.0 Å². The summed E-state index contributed by atoms with van der Waals surface area (Å²) >= 11 is 5.50. The van der Waals surface area contributed by atoms with Crippen LogP contribution in [0.2, 0.25) is 0 Å². The number of nitrogens with zero attached hydrogens (tertiary/aromatic N) is 1. The lowest BCUT2D eigenvalue weighted by Crippen LogP contribution is -2.22. The molecule has 0 saturated carbocycles. The van der Waals surface area contributed by atoms with E-state index in [-0.39, 0.29) is 5.91 Å². The highest BCUT2D eigenvalue weighted by atomic mass is 35.5. The van der Waals surface area contributed by atoms with Crippen molar-refractivity contribution in [2.24, 2.45) is 0 Å². The van der Waals surface area contributed by atoms with Gasteiger partial charge in [-0.05, 0) is 19.8 Å². The number of aromatic nitrogens is 1. The Kier molecular flexibility index (Phi) is 5.18. The Hall–Kier alpha value is -1.03. The maximum Gasteiger partial charge on any atom is 0.220 e. The lowest BCUT2D eigenvalue weighted by molar-refractivity contribution is -0.121. The number of hydrogen-bond donors (Lipinski definition) is 1. The van der Waals surface area contributed by atoms with E-state index in [0.29, 0.717) is 24.7 Å². The largest absolute Gasteiger partial charge is 0.444 e. The fourth-order valence-corrected chi connectivity index (χ4v) is 1.31. The van der Waals surface area contributed by atoms with Crippen LogP contribution >= 0.6 is 11.6 Å². The summed E-state index contributed by atoms with van der Waals surface area (Å²) in [5.74, 6) is 1.90. The Balaban J connectivity index is 2.16. The number of nitrogens with one attached hydrogen (secondary N) is 1. The van der Waals surface area contributed by atoms with Gasteiger partial charge in [0.2, 0.25) is 11.8 Å². The van der Waals surface area contributed by atoms with E-state index in [2.05, 4.69) is 10.3 Å². The molecular weight excluding hydrogens is 216 g/mol. The van der Waals surface area contributed by atoms with Crippen LogP contribution < -0.4 is 5.32 Å². The normalized spacial score (nSPS) is 10.3. The van der Waals surface area contributed by atoms with E-state index in [1.807, 2.05) is 6.92 Å². The van der Waals surface area contributed by atoms with Gasteiger partial charge in [0.05, 0.1) is 12.7 Å². The van der Waals surface area contributed by atoms with Gasteiger partial charge in [0.25, 0.3) is 0 Å². The fraction of sp³-hybridized carbons (Fsp3) is 0.600. The maximum atomic E-state index is 11.3. The van der Waals surface area contributed by atoms with Crippen molar-refractivity contribution in [1.29, 1.82) is 0 Å². The number of amides is 1. The van der Waals surface area contributed by atoms with Crippen LogP contribution in [0.15, 0.2) is 10.6 Å². The third kappa shape index (κ3) is 4.83. The average molecular weight is 231 g/mol. The van der Waals surface area contributed by atoms with Crippen LogP contribution in [0.25, 0.3) is 0 Å². The third-order valence-corrected chi connectivity index (χ3v) is 2.16. The van der Waals surface area contributed by atoms with E-state index in [1.54, 1.807) is 6.20 Å². The quantitative estimate of drug-likeness (QED) is 0.601. The van der Waals surface area contributed by atoms with Crippen LogP contribution in [0.3, 0.4) is 0 Å². The highest BCUT2D eigenvalue weighted by Gasteiger charge is 2.04. The number of carbonyl (C=O) groups excluding carboxylic acids is 1. The first-order valence-corrected chi connectivity index (χ1v) is 5.50. The van der Waals surface area contributed by atoms with E-state index in [1.165, 1.54) is 0 Å². The molecule has 1 aromatic heterocycles. The first-order valence-electron chi connectivity index (χ1n) is 4.96. The van der Waals surface area contributed by atoms with Gasteiger partial charge in [-0.15, -0.1) is 11.6 Å².